The molecule has 1 saturated heterocycles. The zero-order chi connectivity index (χ0) is 22.9. The summed E-state index contributed by atoms with van der Waals surface area (Å²) in [5.74, 6) is 0.879. The van der Waals surface area contributed by atoms with Crippen LogP contribution in [0.3, 0.4) is 0 Å². The highest BCUT2D eigenvalue weighted by Crippen LogP contribution is 2.43. The van der Waals surface area contributed by atoms with Crippen LogP contribution in [0.2, 0.25) is 0 Å². The van der Waals surface area contributed by atoms with Crippen LogP contribution in [0.15, 0.2) is 91.0 Å². The molecule has 3 nitrogen and oxygen atoms in total. The number of hydrogen-bond donors (Lipinski definition) is 0. The van der Waals surface area contributed by atoms with Crippen molar-refractivity contribution in [3.05, 3.63) is 102 Å². The summed E-state index contributed by atoms with van der Waals surface area (Å²) in [5.41, 5.74) is 10.3. The molecule has 34 heavy (non-hydrogen) atoms. The standard InChI is InChI=1S/C31H28O3/c1-21(32-19-25-20-33-25)18-34-31-15-14-24(16-29(31)22-8-3-2-4-9-22)27-12-7-13-28-26-11-6-5-10-23(26)17-30(27)28/h2-16,21,25H,17-20H2,1H3. The van der Waals surface area contributed by atoms with Gasteiger partial charge in [0.2, 0.25) is 0 Å². The van der Waals surface area contributed by atoms with Crippen LogP contribution in [0.4, 0.5) is 0 Å². The number of rotatable bonds is 8. The predicted molar refractivity (Wildman–Crippen MR) is 136 cm³/mol. The molecule has 2 atom stereocenters. The van der Waals surface area contributed by atoms with Gasteiger partial charge in [-0.05, 0) is 64.4 Å². The Balaban J connectivity index is 1.33. The summed E-state index contributed by atoms with van der Waals surface area (Å²) in [5, 5.41) is 0. The summed E-state index contributed by atoms with van der Waals surface area (Å²) in [4.78, 5) is 0. The van der Waals surface area contributed by atoms with Crippen molar-refractivity contribution < 1.29 is 14.2 Å². The first kappa shape index (κ1) is 21.2. The molecule has 1 aliphatic carbocycles. The van der Waals surface area contributed by atoms with Gasteiger partial charge in [-0.1, -0.05) is 78.9 Å². The van der Waals surface area contributed by atoms with E-state index in [2.05, 4.69) is 84.9 Å². The van der Waals surface area contributed by atoms with Crippen molar-refractivity contribution in [2.24, 2.45) is 0 Å². The van der Waals surface area contributed by atoms with Gasteiger partial charge in [0.15, 0.2) is 0 Å². The Labute approximate surface area is 200 Å². The smallest absolute Gasteiger partial charge is 0.127 e. The third kappa shape index (κ3) is 4.25. The molecule has 0 bridgehead atoms. The third-order valence-corrected chi connectivity index (χ3v) is 6.67. The van der Waals surface area contributed by atoms with E-state index < -0.39 is 0 Å². The second-order valence-corrected chi connectivity index (χ2v) is 9.15. The van der Waals surface area contributed by atoms with Gasteiger partial charge in [0.25, 0.3) is 0 Å². The summed E-state index contributed by atoms with van der Waals surface area (Å²) in [6, 6.07) is 32.4. The first-order chi connectivity index (χ1) is 16.8. The maximum absolute atomic E-state index is 6.27. The van der Waals surface area contributed by atoms with Crippen molar-refractivity contribution in [3.8, 4) is 39.1 Å². The molecule has 0 N–H and O–H groups in total. The fourth-order valence-corrected chi connectivity index (χ4v) is 4.79. The Bertz CT molecular complexity index is 1310. The van der Waals surface area contributed by atoms with E-state index in [9.17, 15) is 0 Å². The lowest BCUT2D eigenvalue weighted by Crippen LogP contribution is -2.20. The van der Waals surface area contributed by atoms with Gasteiger partial charge < -0.3 is 14.2 Å². The van der Waals surface area contributed by atoms with Crippen LogP contribution < -0.4 is 4.74 Å². The van der Waals surface area contributed by atoms with Gasteiger partial charge in [-0.2, -0.15) is 0 Å². The van der Waals surface area contributed by atoms with Crippen LogP contribution in [0.25, 0.3) is 33.4 Å². The van der Waals surface area contributed by atoms with Crippen molar-refractivity contribution in [3.63, 3.8) is 0 Å². The van der Waals surface area contributed by atoms with E-state index in [1.54, 1.807) is 0 Å². The first-order valence-corrected chi connectivity index (χ1v) is 12.0. The van der Waals surface area contributed by atoms with E-state index in [1.165, 1.54) is 33.4 Å². The minimum Gasteiger partial charge on any atom is -0.490 e. The van der Waals surface area contributed by atoms with E-state index in [-0.39, 0.29) is 12.2 Å². The molecule has 0 spiro atoms. The minimum absolute atomic E-state index is 0.00314. The highest BCUT2D eigenvalue weighted by molar-refractivity contribution is 5.86. The summed E-state index contributed by atoms with van der Waals surface area (Å²) in [6.45, 7) is 3.99. The molecule has 0 amide bonds. The van der Waals surface area contributed by atoms with Crippen LogP contribution in [0.5, 0.6) is 5.75 Å². The van der Waals surface area contributed by atoms with Gasteiger partial charge >= 0.3 is 0 Å². The van der Waals surface area contributed by atoms with E-state index in [4.69, 9.17) is 14.2 Å². The van der Waals surface area contributed by atoms with E-state index >= 15 is 0 Å². The van der Waals surface area contributed by atoms with Gasteiger partial charge in [0.05, 0.1) is 19.3 Å². The molecule has 2 unspecified atom stereocenters. The number of hydrogen-bond acceptors (Lipinski definition) is 3. The van der Waals surface area contributed by atoms with E-state index in [0.717, 1.165) is 29.9 Å². The quantitative estimate of drug-likeness (QED) is 0.245. The number of benzene rings is 4. The number of epoxide rings is 1. The van der Waals surface area contributed by atoms with Gasteiger partial charge in [-0.25, -0.2) is 0 Å². The van der Waals surface area contributed by atoms with Gasteiger partial charge in [0.1, 0.15) is 18.5 Å². The average Bonchev–Trinajstić information content (AvgIpc) is 3.65. The molecule has 2 aliphatic rings. The fourth-order valence-electron chi connectivity index (χ4n) is 4.79. The normalized spacial score (nSPS) is 16.6. The molecule has 6 rings (SSSR count). The molecule has 170 valence electrons. The molecule has 1 fully saturated rings. The fraction of sp³-hybridized carbons (Fsp3) is 0.226. The molecule has 0 aromatic heterocycles. The highest BCUT2D eigenvalue weighted by atomic mass is 16.6. The van der Waals surface area contributed by atoms with Crippen LogP contribution in [0.1, 0.15) is 18.1 Å². The molecule has 1 heterocycles. The lowest BCUT2D eigenvalue weighted by molar-refractivity contribution is 0.0242. The topological polar surface area (TPSA) is 31.0 Å². The van der Waals surface area contributed by atoms with Crippen molar-refractivity contribution in [1.29, 1.82) is 0 Å². The van der Waals surface area contributed by atoms with E-state index in [1.807, 2.05) is 13.0 Å². The molecule has 0 saturated carbocycles. The average molecular weight is 449 g/mol. The van der Waals surface area contributed by atoms with Crippen molar-refractivity contribution in [1.82, 2.24) is 0 Å². The Morgan fingerprint density at radius 1 is 0.794 bits per heavy atom. The van der Waals surface area contributed by atoms with Crippen molar-refractivity contribution >= 4 is 0 Å². The van der Waals surface area contributed by atoms with Crippen molar-refractivity contribution in [2.75, 3.05) is 19.8 Å². The molecule has 3 heteroatoms. The number of fused-ring (bicyclic) bond motifs is 3. The summed E-state index contributed by atoms with van der Waals surface area (Å²) < 4.78 is 17.4. The Morgan fingerprint density at radius 3 is 2.41 bits per heavy atom. The lowest BCUT2D eigenvalue weighted by atomic mass is 9.93. The summed E-state index contributed by atoms with van der Waals surface area (Å²) in [6.07, 6.45) is 1.24. The Kier molecular flexibility index (Phi) is 5.66. The monoisotopic (exact) mass is 448 g/mol. The molecule has 1 aliphatic heterocycles. The summed E-state index contributed by atoms with van der Waals surface area (Å²) in [7, 11) is 0. The molecule has 0 radical (unpaired) electrons. The Hall–Kier alpha value is -3.40. The predicted octanol–water partition coefficient (Wildman–Crippen LogP) is 6.77. The zero-order valence-electron chi connectivity index (χ0n) is 19.4. The maximum Gasteiger partial charge on any atom is 0.127 e. The van der Waals surface area contributed by atoms with Crippen LogP contribution in [-0.4, -0.2) is 32.0 Å². The minimum atomic E-state index is 0.00314. The zero-order valence-corrected chi connectivity index (χ0v) is 19.4. The SMILES string of the molecule is CC(COc1ccc(-c2cccc3c2Cc2ccccc2-3)cc1-c1ccccc1)OCC1CO1. The van der Waals surface area contributed by atoms with Crippen LogP contribution in [-0.2, 0) is 15.9 Å². The van der Waals surface area contributed by atoms with Crippen LogP contribution in [0, 0.1) is 0 Å². The third-order valence-electron chi connectivity index (χ3n) is 6.67. The second kappa shape index (κ2) is 9.09. The van der Waals surface area contributed by atoms with Crippen molar-refractivity contribution in [2.45, 2.75) is 25.6 Å². The summed E-state index contributed by atoms with van der Waals surface area (Å²) >= 11 is 0. The van der Waals surface area contributed by atoms with Gasteiger partial charge in [-0.3, -0.25) is 0 Å². The lowest BCUT2D eigenvalue weighted by Gasteiger charge is -2.18. The molecule has 4 aromatic carbocycles. The molecular formula is C31H28O3. The maximum atomic E-state index is 6.27. The molecule has 4 aromatic rings. The highest BCUT2D eigenvalue weighted by Gasteiger charge is 2.24. The second-order valence-electron chi connectivity index (χ2n) is 9.15. The number of ether oxygens (including phenoxy) is 3. The van der Waals surface area contributed by atoms with E-state index in [0.29, 0.717) is 13.2 Å². The van der Waals surface area contributed by atoms with Gasteiger partial charge in [-0.15, -0.1) is 0 Å². The van der Waals surface area contributed by atoms with Gasteiger partial charge in [0, 0.05) is 5.56 Å². The van der Waals surface area contributed by atoms with Crippen LogP contribution >= 0.6 is 0 Å². The molecular weight excluding hydrogens is 420 g/mol. The Morgan fingerprint density at radius 2 is 1.56 bits per heavy atom. The first-order valence-electron chi connectivity index (χ1n) is 12.0. The largest absolute Gasteiger partial charge is 0.490 e.